The van der Waals surface area contributed by atoms with Gasteiger partial charge in [0.05, 0.1) is 0 Å². The summed E-state index contributed by atoms with van der Waals surface area (Å²) in [5.41, 5.74) is 6.31. The fourth-order valence-electron chi connectivity index (χ4n) is 1.82. The van der Waals surface area contributed by atoms with Crippen molar-refractivity contribution >= 4 is 5.69 Å². The third-order valence-electron chi connectivity index (χ3n) is 2.66. The van der Waals surface area contributed by atoms with Gasteiger partial charge >= 0.3 is 12.7 Å². The van der Waals surface area contributed by atoms with Crippen molar-refractivity contribution in [1.82, 2.24) is 0 Å². The van der Waals surface area contributed by atoms with Crippen LogP contribution in [0, 0.1) is 0 Å². The number of nitrogens with two attached hydrogens (primary N) is 1. The Morgan fingerprint density at radius 3 is 1.70 bits per heavy atom. The smallest absolute Gasteiger partial charge is 0.406 e. The molecule has 3 nitrogen and oxygen atoms in total. The van der Waals surface area contributed by atoms with E-state index in [0.717, 1.165) is 24.3 Å². The van der Waals surface area contributed by atoms with Gasteiger partial charge in [-0.25, -0.2) is 0 Å². The molecule has 0 bridgehead atoms. The van der Waals surface area contributed by atoms with E-state index < -0.39 is 24.2 Å². The SMILES string of the molecule is Nc1ccc(OC(F)(F)F)cc1-c1ccc(OC(F)(F)F)cc1. The second-order valence-corrected chi connectivity index (χ2v) is 4.37. The lowest BCUT2D eigenvalue weighted by Gasteiger charge is -2.13. The van der Waals surface area contributed by atoms with Crippen LogP contribution in [0.4, 0.5) is 32.0 Å². The molecule has 2 aromatic rings. The Hall–Kier alpha value is -2.58. The Morgan fingerprint density at radius 1 is 0.696 bits per heavy atom. The van der Waals surface area contributed by atoms with Crippen molar-refractivity contribution in [2.75, 3.05) is 5.73 Å². The minimum Gasteiger partial charge on any atom is -0.406 e. The normalized spacial score (nSPS) is 12.1. The molecule has 0 amide bonds. The van der Waals surface area contributed by atoms with Gasteiger partial charge in [0.25, 0.3) is 0 Å². The lowest BCUT2D eigenvalue weighted by atomic mass is 10.0. The first-order valence-electron chi connectivity index (χ1n) is 6.05. The van der Waals surface area contributed by atoms with Gasteiger partial charge < -0.3 is 15.2 Å². The van der Waals surface area contributed by atoms with E-state index in [4.69, 9.17) is 5.73 Å². The van der Waals surface area contributed by atoms with E-state index in [1.54, 1.807) is 0 Å². The summed E-state index contributed by atoms with van der Waals surface area (Å²) in [6, 6.07) is 7.82. The number of benzene rings is 2. The maximum Gasteiger partial charge on any atom is 0.573 e. The van der Waals surface area contributed by atoms with Crippen LogP contribution in [0.5, 0.6) is 11.5 Å². The third kappa shape index (κ3) is 4.97. The predicted molar refractivity (Wildman–Crippen MR) is 69.7 cm³/mol. The lowest BCUT2D eigenvalue weighted by Crippen LogP contribution is -2.17. The first kappa shape index (κ1) is 16.8. The van der Waals surface area contributed by atoms with Crippen molar-refractivity contribution in [3.8, 4) is 22.6 Å². The molecule has 2 aromatic carbocycles. The fraction of sp³-hybridized carbons (Fsp3) is 0.143. The number of anilines is 1. The number of nitrogen functional groups attached to an aromatic ring is 1. The fourth-order valence-corrected chi connectivity index (χ4v) is 1.82. The number of ether oxygens (including phenoxy) is 2. The summed E-state index contributed by atoms with van der Waals surface area (Å²) in [7, 11) is 0. The molecule has 0 aliphatic heterocycles. The minimum atomic E-state index is -4.86. The summed E-state index contributed by atoms with van der Waals surface area (Å²) in [5.74, 6) is -0.945. The summed E-state index contributed by atoms with van der Waals surface area (Å²) in [5, 5.41) is 0. The molecule has 2 rings (SSSR count). The number of alkyl halides is 6. The van der Waals surface area contributed by atoms with Gasteiger partial charge in [-0.1, -0.05) is 12.1 Å². The zero-order valence-corrected chi connectivity index (χ0v) is 11.2. The summed E-state index contributed by atoms with van der Waals surface area (Å²) in [6.45, 7) is 0. The van der Waals surface area contributed by atoms with E-state index in [2.05, 4.69) is 9.47 Å². The molecule has 124 valence electrons. The molecule has 0 saturated carbocycles. The Kier molecular flexibility index (Phi) is 4.31. The standard InChI is InChI=1S/C14H9F6NO2/c15-13(16,17)22-9-3-1-8(2-4-9)11-7-10(5-6-12(11)21)23-14(18,19)20/h1-7H,21H2. The number of hydrogen-bond donors (Lipinski definition) is 1. The molecule has 0 aliphatic carbocycles. The highest BCUT2D eigenvalue weighted by Gasteiger charge is 2.32. The topological polar surface area (TPSA) is 44.5 Å². The van der Waals surface area contributed by atoms with E-state index >= 15 is 0 Å². The molecule has 0 spiro atoms. The van der Waals surface area contributed by atoms with E-state index in [0.29, 0.717) is 5.56 Å². The maximum absolute atomic E-state index is 12.2. The van der Waals surface area contributed by atoms with Crippen LogP contribution in [-0.4, -0.2) is 12.7 Å². The second-order valence-electron chi connectivity index (χ2n) is 4.37. The van der Waals surface area contributed by atoms with Crippen LogP contribution < -0.4 is 15.2 Å². The van der Waals surface area contributed by atoms with Crippen molar-refractivity contribution in [2.45, 2.75) is 12.7 Å². The number of hydrogen-bond acceptors (Lipinski definition) is 3. The highest BCUT2D eigenvalue weighted by Crippen LogP contribution is 2.33. The average Bonchev–Trinajstić information content (AvgIpc) is 2.39. The maximum atomic E-state index is 12.2. The molecule has 0 heterocycles. The van der Waals surface area contributed by atoms with E-state index in [1.165, 1.54) is 18.2 Å². The summed E-state index contributed by atoms with van der Waals surface area (Å²) in [6.07, 6.45) is -9.70. The molecule has 0 fully saturated rings. The quantitative estimate of drug-likeness (QED) is 0.650. The van der Waals surface area contributed by atoms with E-state index in [9.17, 15) is 26.3 Å². The first-order chi connectivity index (χ1) is 10.5. The Balaban J connectivity index is 2.29. The molecule has 0 radical (unpaired) electrons. The van der Waals surface area contributed by atoms with E-state index in [1.807, 2.05) is 0 Å². The molecular weight excluding hydrogens is 328 g/mol. The predicted octanol–water partition coefficient (Wildman–Crippen LogP) is 4.73. The van der Waals surface area contributed by atoms with Crippen LogP contribution in [0.2, 0.25) is 0 Å². The molecule has 23 heavy (non-hydrogen) atoms. The van der Waals surface area contributed by atoms with Gasteiger partial charge in [-0.2, -0.15) is 0 Å². The van der Waals surface area contributed by atoms with Gasteiger partial charge in [-0.05, 0) is 35.9 Å². The van der Waals surface area contributed by atoms with Crippen LogP contribution in [0.3, 0.4) is 0 Å². The van der Waals surface area contributed by atoms with Crippen molar-refractivity contribution in [2.24, 2.45) is 0 Å². The van der Waals surface area contributed by atoms with Gasteiger partial charge in [-0.15, -0.1) is 26.3 Å². The molecule has 2 N–H and O–H groups in total. The van der Waals surface area contributed by atoms with Gasteiger partial charge in [0.2, 0.25) is 0 Å². The summed E-state index contributed by atoms with van der Waals surface area (Å²) < 4.78 is 80.3. The van der Waals surface area contributed by atoms with Crippen molar-refractivity contribution < 1.29 is 35.8 Å². The zero-order valence-electron chi connectivity index (χ0n) is 11.2. The molecule has 0 saturated heterocycles. The Morgan fingerprint density at radius 2 is 1.17 bits per heavy atom. The van der Waals surface area contributed by atoms with Crippen LogP contribution in [0.25, 0.3) is 11.1 Å². The van der Waals surface area contributed by atoms with Crippen LogP contribution in [-0.2, 0) is 0 Å². The van der Waals surface area contributed by atoms with Crippen LogP contribution in [0.1, 0.15) is 0 Å². The Labute approximate surface area is 126 Å². The largest absolute Gasteiger partial charge is 0.573 e. The number of rotatable bonds is 3. The van der Waals surface area contributed by atoms with Gasteiger partial charge in [0.15, 0.2) is 0 Å². The third-order valence-corrected chi connectivity index (χ3v) is 2.66. The molecule has 0 atom stereocenters. The first-order valence-corrected chi connectivity index (χ1v) is 6.05. The summed E-state index contributed by atoms with van der Waals surface area (Å²) in [4.78, 5) is 0. The molecular formula is C14H9F6NO2. The zero-order chi connectivity index (χ0) is 17.3. The van der Waals surface area contributed by atoms with Crippen molar-refractivity contribution in [3.05, 3.63) is 42.5 Å². The van der Waals surface area contributed by atoms with Crippen LogP contribution >= 0.6 is 0 Å². The van der Waals surface area contributed by atoms with Gasteiger partial charge in [0.1, 0.15) is 11.5 Å². The van der Waals surface area contributed by atoms with Crippen molar-refractivity contribution in [3.63, 3.8) is 0 Å². The average molecular weight is 337 g/mol. The lowest BCUT2D eigenvalue weighted by molar-refractivity contribution is -0.275. The second kappa shape index (κ2) is 5.90. The molecule has 0 aliphatic rings. The van der Waals surface area contributed by atoms with Crippen LogP contribution in [0.15, 0.2) is 42.5 Å². The highest BCUT2D eigenvalue weighted by atomic mass is 19.4. The van der Waals surface area contributed by atoms with Gasteiger partial charge in [0, 0.05) is 11.3 Å². The molecule has 0 unspecified atom stereocenters. The van der Waals surface area contributed by atoms with E-state index in [-0.39, 0.29) is 11.3 Å². The minimum absolute atomic E-state index is 0.143. The van der Waals surface area contributed by atoms with Gasteiger partial charge in [-0.3, -0.25) is 0 Å². The Bertz CT molecular complexity index is 679. The molecule has 9 heteroatoms. The monoisotopic (exact) mass is 337 g/mol. The molecule has 0 aromatic heterocycles. The van der Waals surface area contributed by atoms with Crippen molar-refractivity contribution in [1.29, 1.82) is 0 Å². The number of halogens is 6. The summed E-state index contributed by atoms with van der Waals surface area (Å²) >= 11 is 0. The highest BCUT2D eigenvalue weighted by molar-refractivity contribution is 5.77.